The Labute approximate surface area is 227 Å². The first-order chi connectivity index (χ1) is 18.6. The van der Waals surface area contributed by atoms with Gasteiger partial charge in [-0.15, -0.1) is 0 Å². The van der Waals surface area contributed by atoms with Gasteiger partial charge in [0.2, 0.25) is 0 Å². The second kappa shape index (κ2) is 11.7. The van der Waals surface area contributed by atoms with Crippen LogP contribution in [0.3, 0.4) is 0 Å². The molecule has 0 aromatic heterocycles. The Bertz CT molecular complexity index is 1100. The molecule has 7 heteroatoms. The van der Waals surface area contributed by atoms with Crippen molar-refractivity contribution in [1.29, 1.82) is 0 Å². The highest BCUT2D eigenvalue weighted by Gasteiger charge is 2.45. The molecule has 0 amide bonds. The maximum Gasteiger partial charge on any atom is 0.400 e. The van der Waals surface area contributed by atoms with Gasteiger partial charge in [0, 0.05) is 12.1 Å². The van der Waals surface area contributed by atoms with E-state index in [1.807, 2.05) is 0 Å². The zero-order chi connectivity index (χ0) is 27.7. The van der Waals surface area contributed by atoms with Gasteiger partial charge in [-0.25, -0.2) is 17.6 Å². The van der Waals surface area contributed by atoms with Crippen molar-refractivity contribution in [2.75, 3.05) is 0 Å². The van der Waals surface area contributed by atoms with E-state index in [0.29, 0.717) is 42.9 Å². The Hall–Kier alpha value is -2.18. The van der Waals surface area contributed by atoms with E-state index in [9.17, 15) is 17.6 Å². The third-order valence-electron chi connectivity index (χ3n) is 9.94. The molecule has 3 fully saturated rings. The number of hydrogen-bond donors (Lipinski definition) is 0. The summed E-state index contributed by atoms with van der Waals surface area (Å²) >= 11 is 0. The fraction of sp³-hybridized carbons (Fsp3) is 0.625. The second-order valence-corrected chi connectivity index (χ2v) is 12.4. The Kier molecular flexibility index (Phi) is 8.54. The first-order valence-corrected chi connectivity index (χ1v) is 14.6. The van der Waals surface area contributed by atoms with Crippen LogP contribution >= 0.6 is 0 Å². The lowest BCUT2D eigenvalue weighted by Crippen LogP contribution is -2.38. The van der Waals surface area contributed by atoms with E-state index in [2.05, 4.69) is 6.92 Å². The Morgan fingerprint density at radius 1 is 0.590 bits per heavy atom. The van der Waals surface area contributed by atoms with Gasteiger partial charge in [-0.1, -0.05) is 25.8 Å². The van der Waals surface area contributed by atoms with Crippen molar-refractivity contribution in [3.8, 4) is 16.9 Å². The lowest BCUT2D eigenvalue weighted by Gasteiger charge is -2.41. The molecule has 214 valence electrons. The van der Waals surface area contributed by atoms with Gasteiger partial charge in [0.05, 0.1) is 11.5 Å². The largest absolute Gasteiger partial charge is 0.432 e. The van der Waals surface area contributed by atoms with Crippen LogP contribution in [0.25, 0.3) is 11.1 Å². The summed E-state index contributed by atoms with van der Waals surface area (Å²) in [6, 6.07) is 3.78. The highest BCUT2D eigenvalue weighted by Crippen LogP contribution is 2.48. The Morgan fingerprint density at radius 2 is 1.05 bits per heavy atom. The summed E-state index contributed by atoms with van der Waals surface area (Å²) < 4.78 is 91.1. The lowest BCUT2D eigenvalue weighted by molar-refractivity contribution is -0.224. The van der Waals surface area contributed by atoms with Crippen LogP contribution in [0.5, 0.6) is 5.75 Å². The predicted octanol–water partition coefficient (Wildman–Crippen LogP) is 10.3. The van der Waals surface area contributed by atoms with E-state index in [1.165, 1.54) is 51.4 Å². The zero-order valence-electron chi connectivity index (χ0n) is 22.5. The molecule has 0 unspecified atom stereocenters. The number of rotatable bonds is 6. The quantitative estimate of drug-likeness (QED) is 0.324. The van der Waals surface area contributed by atoms with Crippen LogP contribution in [0, 0.1) is 58.8 Å². The van der Waals surface area contributed by atoms with E-state index in [-0.39, 0.29) is 5.56 Å². The van der Waals surface area contributed by atoms with Gasteiger partial charge in [-0.2, -0.15) is 8.78 Å². The molecular formula is C32H38F6O. The highest BCUT2D eigenvalue weighted by atomic mass is 19.3. The van der Waals surface area contributed by atoms with Crippen molar-refractivity contribution >= 4 is 0 Å². The fourth-order valence-corrected chi connectivity index (χ4v) is 7.55. The smallest absolute Gasteiger partial charge is 0.400 e. The third kappa shape index (κ3) is 6.43. The molecule has 0 aliphatic heterocycles. The molecule has 0 N–H and O–H groups in total. The maximum absolute atomic E-state index is 15.1. The molecule has 2 aromatic carbocycles. The molecule has 0 spiro atoms. The molecule has 3 aliphatic rings. The van der Waals surface area contributed by atoms with E-state index in [0.717, 1.165) is 42.7 Å². The van der Waals surface area contributed by atoms with E-state index in [1.54, 1.807) is 0 Å². The normalized spacial score (nSPS) is 30.2. The zero-order valence-corrected chi connectivity index (χ0v) is 22.5. The SMILES string of the molecule is CC1CCC(C2CCC(C3CCC(C(F)(F)Oc4cc(F)c(-c5ccc(F)c(F)c5)c(F)c4)CC3)CC2)CC1. The monoisotopic (exact) mass is 552 g/mol. The molecule has 0 radical (unpaired) electrons. The molecule has 0 atom stereocenters. The molecule has 3 saturated carbocycles. The minimum atomic E-state index is -3.57. The summed E-state index contributed by atoms with van der Waals surface area (Å²) in [5, 5.41) is 0. The molecule has 2 aromatic rings. The van der Waals surface area contributed by atoms with Crippen molar-refractivity contribution in [2.45, 2.75) is 90.1 Å². The summed E-state index contributed by atoms with van der Waals surface area (Å²) in [5.41, 5.74) is -0.860. The number of benzene rings is 2. The predicted molar refractivity (Wildman–Crippen MR) is 139 cm³/mol. The topological polar surface area (TPSA) is 9.23 Å². The molecule has 3 aliphatic carbocycles. The summed E-state index contributed by atoms with van der Waals surface area (Å²) in [4.78, 5) is 0. The molecule has 0 saturated heterocycles. The number of hydrogen-bond acceptors (Lipinski definition) is 1. The molecule has 5 rings (SSSR count). The van der Waals surface area contributed by atoms with Gasteiger partial charge >= 0.3 is 6.11 Å². The summed E-state index contributed by atoms with van der Waals surface area (Å²) in [6.45, 7) is 2.35. The van der Waals surface area contributed by atoms with Crippen LogP contribution < -0.4 is 4.74 Å². The van der Waals surface area contributed by atoms with Crippen LogP contribution in [0.1, 0.15) is 84.0 Å². The number of alkyl halides is 2. The minimum Gasteiger partial charge on any atom is -0.432 e. The maximum atomic E-state index is 15.1. The van der Waals surface area contributed by atoms with E-state index >= 15 is 8.78 Å². The first-order valence-electron chi connectivity index (χ1n) is 14.6. The first kappa shape index (κ1) is 28.4. The highest BCUT2D eigenvalue weighted by molar-refractivity contribution is 5.66. The number of halogens is 6. The van der Waals surface area contributed by atoms with Crippen LogP contribution in [0.15, 0.2) is 30.3 Å². The fourth-order valence-electron chi connectivity index (χ4n) is 7.55. The van der Waals surface area contributed by atoms with Crippen molar-refractivity contribution in [3.63, 3.8) is 0 Å². The van der Waals surface area contributed by atoms with Gasteiger partial charge < -0.3 is 4.74 Å². The molecule has 1 nitrogen and oxygen atoms in total. The van der Waals surface area contributed by atoms with Crippen LogP contribution in [-0.2, 0) is 0 Å². The average Bonchev–Trinajstić information content (AvgIpc) is 2.91. The van der Waals surface area contributed by atoms with Gasteiger partial charge in [0.15, 0.2) is 11.6 Å². The Balaban J connectivity index is 1.15. The van der Waals surface area contributed by atoms with E-state index in [4.69, 9.17) is 4.74 Å². The summed E-state index contributed by atoms with van der Waals surface area (Å²) in [7, 11) is 0. The molecule has 39 heavy (non-hydrogen) atoms. The standard InChI is InChI=1S/C32H38F6O/c1-19-2-4-20(5-3-19)21-6-8-22(9-7-21)23-10-13-25(14-11-23)32(37,38)39-26-17-29(35)31(30(36)18-26)24-12-15-27(33)28(34)16-24/h12,15-23,25H,2-11,13-14H2,1H3. The number of ether oxygens (including phenoxy) is 1. The van der Waals surface area contributed by atoms with Crippen molar-refractivity contribution in [2.24, 2.45) is 35.5 Å². The molecular weight excluding hydrogens is 514 g/mol. The van der Waals surface area contributed by atoms with Crippen molar-refractivity contribution in [1.82, 2.24) is 0 Å². The van der Waals surface area contributed by atoms with Crippen LogP contribution in [0.2, 0.25) is 0 Å². The van der Waals surface area contributed by atoms with Crippen molar-refractivity contribution < 1.29 is 31.1 Å². The van der Waals surface area contributed by atoms with E-state index < -0.39 is 46.6 Å². The van der Waals surface area contributed by atoms with Gasteiger partial charge in [0.25, 0.3) is 0 Å². The second-order valence-electron chi connectivity index (χ2n) is 12.4. The Morgan fingerprint density at radius 3 is 1.54 bits per heavy atom. The minimum absolute atomic E-state index is 0.233. The summed E-state index contributed by atoms with van der Waals surface area (Å²) in [5.74, 6) is -2.82. The van der Waals surface area contributed by atoms with Crippen LogP contribution in [-0.4, -0.2) is 6.11 Å². The van der Waals surface area contributed by atoms with Crippen LogP contribution in [0.4, 0.5) is 26.3 Å². The van der Waals surface area contributed by atoms with Gasteiger partial charge in [0.1, 0.15) is 17.4 Å². The molecule has 0 heterocycles. The molecule has 0 bridgehead atoms. The van der Waals surface area contributed by atoms with Crippen molar-refractivity contribution in [3.05, 3.63) is 53.6 Å². The summed E-state index contributed by atoms with van der Waals surface area (Å²) in [6.07, 6.45) is 8.84. The van der Waals surface area contributed by atoms with Gasteiger partial charge in [-0.3, -0.25) is 0 Å². The average molecular weight is 553 g/mol. The lowest BCUT2D eigenvalue weighted by atomic mass is 9.65. The third-order valence-corrected chi connectivity index (χ3v) is 9.94. The van der Waals surface area contributed by atoms with Gasteiger partial charge in [-0.05, 0) is 111 Å².